The Balaban J connectivity index is 1.30. The number of benzene rings is 3. The topological polar surface area (TPSA) is 260 Å². The van der Waals surface area contributed by atoms with Crippen LogP contribution in [0.2, 0.25) is 16.6 Å². The van der Waals surface area contributed by atoms with Gasteiger partial charge in [0.15, 0.2) is 24.7 Å². The van der Waals surface area contributed by atoms with E-state index >= 15 is 0 Å². The van der Waals surface area contributed by atoms with E-state index in [0.29, 0.717) is 23.6 Å². The molecule has 3 heterocycles. The van der Waals surface area contributed by atoms with Gasteiger partial charge in [0.05, 0.1) is 67.7 Å². The maximum Gasteiger partial charge on any atom is 0.330 e. The third-order valence-electron chi connectivity index (χ3n) is 15.9. The fourth-order valence-electron chi connectivity index (χ4n) is 12.3. The van der Waals surface area contributed by atoms with Crippen LogP contribution in [0.25, 0.3) is 0 Å². The Hall–Kier alpha value is -6.28. The number of aryl methyl sites for hydroxylation is 1. The molecule has 0 spiro atoms. The second kappa shape index (κ2) is 30.2. The van der Waals surface area contributed by atoms with Gasteiger partial charge in [-0.05, 0) is 64.5 Å². The molecule has 1 unspecified atom stereocenters. The van der Waals surface area contributed by atoms with Crippen molar-refractivity contribution in [2.75, 3.05) is 80.1 Å². The number of ether oxygens (including phenoxy) is 11. The van der Waals surface area contributed by atoms with Gasteiger partial charge in [0, 0.05) is 59.1 Å². The first-order valence-corrected chi connectivity index (χ1v) is 30.8. The number of methoxy groups -OCH3 is 2. The molecule has 0 saturated carbocycles. The van der Waals surface area contributed by atoms with E-state index in [9.17, 15) is 33.9 Å². The van der Waals surface area contributed by atoms with Crippen molar-refractivity contribution in [1.29, 1.82) is 0 Å². The maximum absolute atomic E-state index is 14.0. The van der Waals surface area contributed by atoms with Crippen LogP contribution in [0.3, 0.4) is 0 Å². The highest BCUT2D eigenvalue weighted by atomic mass is 28.3. The zero-order valence-electron chi connectivity index (χ0n) is 50.7. The van der Waals surface area contributed by atoms with Crippen molar-refractivity contribution in [3.63, 3.8) is 0 Å². The lowest BCUT2D eigenvalue weighted by Crippen LogP contribution is -2.72. The van der Waals surface area contributed by atoms with Gasteiger partial charge in [0.25, 0.3) is 5.56 Å². The number of hydrogen-bond acceptors (Lipinski definition) is 19. The quantitative estimate of drug-likeness (QED) is 0.0193. The zero-order chi connectivity index (χ0) is 61.5. The Labute approximate surface area is 492 Å². The molecule has 0 bridgehead atoms. The Kier molecular flexibility index (Phi) is 24.0. The first-order valence-electron chi connectivity index (χ1n) is 28.5. The molecule has 84 heavy (non-hydrogen) atoms. The predicted octanol–water partition coefficient (Wildman–Crippen LogP) is 5.73. The first-order chi connectivity index (χ1) is 39.9. The van der Waals surface area contributed by atoms with Crippen LogP contribution in [-0.4, -0.2) is 174 Å². The highest BCUT2D eigenvalue weighted by Gasteiger charge is 2.61. The number of aliphatic hydroxyl groups is 1. The van der Waals surface area contributed by atoms with Gasteiger partial charge in [-0.1, -0.05) is 96.1 Å². The average Bonchev–Trinajstić information content (AvgIpc) is 0.932. The van der Waals surface area contributed by atoms with Gasteiger partial charge in [-0.25, -0.2) is 4.79 Å². The zero-order valence-corrected chi connectivity index (χ0v) is 51.7. The molecular weight excluding hydrogens is 1100 g/mol. The minimum Gasteiger partial charge on any atom is -0.497 e. The van der Waals surface area contributed by atoms with E-state index in [4.69, 9.17) is 52.1 Å². The summed E-state index contributed by atoms with van der Waals surface area (Å²) in [6, 6.07) is 24.1. The third-order valence-corrected chi connectivity index (χ3v) is 23.4. The van der Waals surface area contributed by atoms with Crippen LogP contribution >= 0.6 is 0 Å². The smallest absolute Gasteiger partial charge is 0.330 e. The van der Waals surface area contributed by atoms with Crippen molar-refractivity contribution in [1.82, 2.24) is 19.8 Å². The fraction of sp³-hybridized carbons (Fsp3) is 0.574. The molecule has 2 aliphatic heterocycles. The first kappa shape index (κ1) is 66.9. The minimum atomic E-state index is -2.95. The number of nitrogens with one attached hydrogen (secondary N) is 2. The van der Waals surface area contributed by atoms with Gasteiger partial charge in [-0.3, -0.25) is 38.4 Å². The SMILES string of the molecule is COc1ccc(C(OC[C@]2(C(O)[Si](C(C)C)(C(C)C)C(C)C)CN(CCOCCOCCO[C@@H]3O[C@H](COC(C)=O)[C@H](OC(C)=O)[C@H](OC(C)=O)[C@H]3NC(C)=O)C[C@H](n3cc(C)c(=O)[nH]c3=O)O2)(c2ccccc2)c2ccc(OC)cc2)cc1. The lowest BCUT2D eigenvalue weighted by atomic mass is 9.79. The molecule has 462 valence electrons. The highest BCUT2D eigenvalue weighted by Crippen LogP contribution is 2.50. The number of carbonyl (C=O) groups excluding carboxylic acids is 4. The number of amides is 1. The summed E-state index contributed by atoms with van der Waals surface area (Å²) in [4.78, 5) is 80.2. The number of esters is 3. The number of hydrogen-bond donors (Lipinski definition) is 3. The molecule has 0 radical (unpaired) electrons. The molecule has 1 aromatic heterocycles. The van der Waals surface area contributed by atoms with Crippen molar-refractivity contribution in [2.45, 2.75) is 147 Å². The molecule has 3 N–H and O–H groups in total. The number of aromatic amines is 1. The standard InChI is InChI=1S/C61H86N4O18Si/c1-38(2)84(39(3)4,40(5)6)58(71)60(37-79-61(46-17-15-14-16-18-46,47-19-23-49(73-12)24-20-47)48-21-25-50(74-13)26-22-48)36-64(34-52(83-60)65-33-41(7)56(70)63-59(65)72)27-28-75-29-30-76-31-32-77-57-53(62-42(8)66)55(81-45(11)69)54(80-44(10)68)51(82-57)35-78-43(9)67/h14-26,33,38-40,51-55,57-58,71H,27-32,34-37H2,1-13H3,(H,62,66)(H,63,70,72)/t51-,52-,53-,54+,55-,57-,58?,60+/m1/s1. The molecule has 22 nitrogen and oxygen atoms in total. The summed E-state index contributed by atoms with van der Waals surface area (Å²) in [6.07, 6.45) is -4.48. The fourth-order valence-corrected chi connectivity index (χ4v) is 19.4. The van der Waals surface area contributed by atoms with Gasteiger partial charge in [0.1, 0.15) is 41.5 Å². The molecule has 2 saturated heterocycles. The minimum absolute atomic E-state index is 0.0276. The van der Waals surface area contributed by atoms with E-state index in [1.165, 1.54) is 24.6 Å². The van der Waals surface area contributed by atoms with Crippen molar-refractivity contribution in [3.8, 4) is 11.5 Å². The van der Waals surface area contributed by atoms with E-state index in [2.05, 4.69) is 56.7 Å². The second-order valence-electron chi connectivity index (χ2n) is 22.3. The number of H-pyrrole nitrogens is 1. The molecule has 8 atom stereocenters. The average molecular weight is 1190 g/mol. The molecule has 6 rings (SSSR count). The van der Waals surface area contributed by atoms with Crippen LogP contribution in [-0.2, 0) is 67.4 Å². The van der Waals surface area contributed by atoms with Crippen molar-refractivity contribution in [2.24, 2.45) is 0 Å². The van der Waals surface area contributed by atoms with E-state index < -0.39 is 96.9 Å². The van der Waals surface area contributed by atoms with Gasteiger partial charge >= 0.3 is 23.6 Å². The van der Waals surface area contributed by atoms with Crippen molar-refractivity contribution >= 4 is 31.9 Å². The maximum atomic E-state index is 14.0. The van der Waals surface area contributed by atoms with Gasteiger partial charge < -0.3 is 62.5 Å². The molecule has 4 aromatic rings. The number of carbonyl (C=O) groups is 4. The van der Waals surface area contributed by atoms with Crippen LogP contribution in [0.5, 0.6) is 11.5 Å². The lowest BCUT2D eigenvalue weighted by molar-refractivity contribution is -0.279. The van der Waals surface area contributed by atoms with E-state index in [-0.39, 0.29) is 76.0 Å². The number of nitrogens with zero attached hydrogens (tertiary/aromatic N) is 2. The van der Waals surface area contributed by atoms with Crippen LogP contribution in [0.15, 0.2) is 94.6 Å². The molecule has 3 aromatic carbocycles. The molecular formula is C61H86N4O18Si. The largest absolute Gasteiger partial charge is 0.497 e. The molecule has 23 heteroatoms. The van der Waals surface area contributed by atoms with Crippen molar-refractivity contribution in [3.05, 3.63) is 128 Å². The predicted molar refractivity (Wildman–Crippen MR) is 312 cm³/mol. The summed E-state index contributed by atoms with van der Waals surface area (Å²) in [7, 11) is 0.267. The lowest BCUT2D eigenvalue weighted by Gasteiger charge is -2.57. The highest BCUT2D eigenvalue weighted by molar-refractivity contribution is 6.84. The molecule has 2 fully saturated rings. The summed E-state index contributed by atoms with van der Waals surface area (Å²) >= 11 is 0. The summed E-state index contributed by atoms with van der Waals surface area (Å²) in [5.41, 5.74) is -2.37. The monoisotopic (exact) mass is 1190 g/mol. The number of aliphatic hydroxyl groups excluding tert-OH is 1. The Morgan fingerprint density at radius 3 is 1.81 bits per heavy atom. The number of morpholine rings is 1. The second-order valence-corrected chi connectivity index (χ2v) is 28.3. The third kappa shape index (κ3) is 15.8. The summed E-state index contributed by atoms with van der Waals surface area (Å²) < 4.78 is 68.3. The number of aromatic nitrogens is 2. The van der Waals surface area contributed by atoms with Gasteiger partial charge in [-0.15, -0.1) is 0 Å². The van der Waals surface area contributed by atoms with E-state index in [0.717, 1.165) is 30.5 Å². The van der Waals surface area contributed by atoms with Crippen molar-refractivity contribution < 1.29 is 76.4 Å². The number of rotatable bonds is 29. The molecule has 2 aliphatic rings. The Morgan fingerprint density at radius 2 is 1.29 bits per heavy atom. The van der Waals surface area contributed by atoms with Crippen LogP contribution in [0.1, 0.15) is 97.7 Å². The summed E-state index contributed by atoms with van der Waals surface area (Å²) in [5.74, 6) is -1.31. The van der Waals surface area contributed by atoms with E-state index in [1.807, 2.05) is 78.9 Å². The molecule has 1 amide bonds. The normalized spacial score (nSPS) is 21.7. The van der Waals surface area contributed by atoms with E-state index in [1.54, 1.807) is 21.1 Å². The van der Waals surface area contributed by atoms with Gasteiger partial charge in [-0.2, -0.15) is 0 Å². The summed E-state index contributed by atoms with van der Waals surface area (Å²) in [6.45, 7) is 19.9. The van der Waals surface area contributed by atoms with Crippen LogP contribution in [0.4, 0.5) is 0 Å². The van der Waals surface area contributed by atoms with Crippen LogP contribution in [0, 0.1) is 6.92 Å². The Bertz CT molecular complexity index is 2830. The Morgan fingerprint density at radius 1 is 0.750 bits per heavy atom. The van der Waals surface area contributed by atoms with Gasteiger partial charge in [0.2, 0.25) is 5.91 Å². The summed E-state index contributed by atoms with van der Waals surface area (Å²) in [5, 5.41) is 16.5. The van der Waals surface area contributed by atoms with Crippen LogP contribution < -0.4 is 26.0 Å². The molecule has 0 aliphatic carbocycles.